The lowest BCUT2D eigenvalue weighted by Crippen LogP contribution is -2.39. The maximum absolute atomic E-state index is 14.8. The van der Waals surface area contributed by atoms with E-state index in [2.05, 4.69) is 0 Å². The normalized spacial score (nSPS) is 19.4. The summed E-state index contributed by atoms with van der Waals surface area (Å²) in [6.07, 6.45) is 4.66. The van der Waals surface area contributed by atoms with Gasteiger partial charge in [-0.25, -0.2) is 18.3 Å². The Kier molecular flexibility index (Phi) is 8.45. The summed E-state index contributed by atoms with van der Waals surface area (Å²) >= 11 is 0. The van der Waals surface area contributed by atoms with Gasteiger partial charge in [-0.3, -0.25) is 14.8 Å². The molecular formula is C23H29FN2O7S. The van der Waals surface area contributed by atoms with Gasteiger partial charge in [0.2, 0.25) is 0 Å². The van der Waals surface area contributed by atoms with Crippen LogP contribution in [0.2, 0.25) is 0 Å². The number of ether oxygens (including phenoxy) is 1. The molecule has 0 unspecified atom stereocenters. The van der Waals surface area contributed by atoms with Gasteiger partial charge in [0.15, 0.2) is 9.84 Å². The van der Waals surface area contributed by atoms with E-state index in [1.54, 1.807) is 24.3 Å². The smallest absolute Gasteiger partial charge is 0.261 e. The first-order valence-electron chi connectivity index (χ1n) is 11.0. The van der Waals surface area contributed by atoms with Gasteiger partial charge < -0.3 is 14.4 Å². The molecule has 0 radical (unpaired) electrons. The lowest BCUT2D eigenvalue weighted by atomic mass is 9.88. The molecule has 0 spiro atoms. The van der Waals surface area contributed by atoms with E-state index >= 15 is 0 Å². The van der Waals surface area contributed by atoms with Crippen LogP contribution in [-0.4, -0.2) is 53.4 Å². The predicted octanol–water partition coefficient (Wildman–Crippen LogP) is 1.89. The van der Waals surface area contributed by atoms with E-state index in [4.69, 9.17) is 9.94 Å². The maximum atomic E-state index is 14.8. The third-order valence-corrected chi connectivity index (χ3v) is 7.58. The number of hydroxylamine groups is 1. The lowest BCUT2D eigenvalue weighted by molar-refractivity contribution is -0.128. The quantitative estimate of drug-likeness (QED) is 0.356. The van der Waals surface area contributed by atoms with Crippen LogP contribution in [0.4, 0.5) is 4.39 Å². The highest BCUT2D eigenvalue weighted by atomic mass is 32.2. The van der Waals surface area contributed by atoms with E-state index in [9.17, 15) is 27.5 Å². The van der Waals surface area contributed by atoms with Gasteiger partial charge in [0, 0.05) is 30.6 Å². The molecule has 2 aromatic rings. The molecule has 186 valence electrons. The van der Waals surface area contributed by atoms with Crippen LogP contribution in [0.5, 0.6) is 5.75 Å². The van der Waals surface area contributed by atoms with Gasteiger partial charge in [-0.15, -0.1) is 0 Å². The third kappa shape index (κ3) is 6.64. The molecule has 0 bridgehead atoms. The first-order chi connectivity index (χ1) is 16.1. The zero-order valence-electron chi connectivity index (χ0n) is 18.8. The molecule has 1 aromatic heterocycles. The average molecular weight is 497 g/mol. The SMILES string of the molecule is CS(=O)(=O)[C@H](CCn1cc(F)c(-c2ccc(OCC3CCC(O)CC3)cc2)cc1=O)C(=O)NO. The largest absolute Gasteiger partial charge is 0.493 e. The van der Waals surface area contributed by atoms with Crippen molar-refractivity contribution in [3.05, 3.63) is 52.7 Å². The number of aliphatic hydroxyl groups excluding tert-OH is 1. The Labute approximate surface area is 197 Å². The number of nitrogens with one attached hydrogen (secondary N) is 1. The summed E-state index contributed by atoms with van der Waals surface area (Å²) in [7, 11) is -3.84. The molecule has 0 saturated heterocycles. The highest BCUT2D eigenvalue weighted by Gasteiger charge is 2.28. The number of pyridine rings is 1. The summed E-state index contributed by atoms with van der Waals surface area (Å²) in [5.41, 5.74) is 1.30. The number of sulfone groups is 1. The second-order valence-corrected chi connectivity index (χ2v) is 10.9. The van der Waals surface area contributed by atoms with Crippen molar-refractivity contribution < 1.29 is 32.7 Å². The predicted molar refractivity (Wildman–Crippen MR) is 123 cm³/mol. The Bertz CT molecular complexity index is 1160. The van der Waals surface area contributed by atoms with E-state index < -0.39 is 32.4 Å². The molecule has 1 aliphatic rings. The molecular weight excluding hydrogens is 467 g/mol. The molecule has 1 aromatic carbocycles. The number of nitrogens with zero attached hydrogens (tertiary/aromatic N) is 1. The Morgan fingerprint density at radius 2 is 1.88 bits per heavy atom. The van der Waals surface area contributed by atoms with Gasteiger partial charge in [-0.05, 0) is 55.7 Å². The molecule has 1 aliphatic carbocycles. The first kappa shape index (κ1) is 25.9. The minimum atomic E-state index is -3.84. The molecule has 3 N–H and O–H groups in total. The molecule has 1 amide bonds. The fourth-order valence-corrected chi connectivity index (χ4v) is 5.04. The van der Waals surface area contributed by atoms with Gasteiger partial charge in [0.1, 0.15) is 16.8 Å². The monoisotopic (exact) mass is 496 g/mol. The lowest BCUT2D eigenvalue weighted by Gasteiger charge is -2.25. The van der Waals surface area contributed by atoms with Crippen molar-refractivity contribution in [3.63, 3.8) is 0 Å². The number of carbonyl (C=O) groups excluding carboxylic acids is 1. The third-order valence-electron chi connectivity index (χ3n) is 6.10. The maximum Gasteiger partial charge on any atom is 0.261 e. The molecule has 11 heteroatoms. The van der Waals surface area contributed by atoms with Gasteiger partial charge in [0.05, 0.1) is 12.7 Å². The Balaban J connectivity index is 1.67. The zero-order chi connectivity index (χ0) is 24.9. The van der Waals surface area contributed by atoms with E-state index in [1.165, 1.54) is 5.48 Å². The number of benzene rings is 1. The van der Waals surface area contributed by atoms with Crippen LogP contribution in [0.15, 0.2) is 41.3 Å². The van der Waals surface area contributed by atoms with Crippen LogP contribution in [0.1, 0.15) is 32.1 Å². The molecule has 1 fully saturated rings. The minimum absolute atomic E-state index is 0.0850. The van der Waals surface area contributed by atoms with Crippen molar-refractivity contribution in [1.82, 2.24) is 10.0 Å². The van der Waals surface area contributed by atoms with Gasteiger partial charge >= 0.3 is 0 Å². The van der Waals surface area contributed by atoms with Crippen molar-refractivity contribution in [1.29, 1.82) is 0 Å². The number of aliphatic hydroxyl groups is 1. The number of carbonyl (C=O) groups is 1. The van der Waals surface area contributed by atoms with Gasteiger partial charge in [-0.2, -0.15) is 0 Å². The van der Waals surface area contributed by atoms with Gasteiger partial charge in [-0.1, -0.05) is 12.1 Å². The molecule has 34 heavy (non-hydrogen) atoms. The Morgan fingerprint density at radius 3 is 2.47 bits per heavy atom. The molecule has 1 atom stereocenters. The van der Waals surface area contributed by atoms with E-state index in [1.807, 2.05) is 0 Å². The first-order valence-corrected chi connectivity index (χ1v) is 13.0. The van der Waals surface area contributed by atoms with Crippen LogP contribution in [0.25, 0.3) is 11.1 Å². The van der Waals surface area contributed by atoms with Crippen molar-refractivity contribution in [3.8, 4) is 16.9 Å². The summed E-state index contributed by atoms with van der Waals surface area (Å²) in [5.74, 6) is -0.788. The summed E-state index contributed by atoms with van der Waals surface area (Å²) in [4.78, 5) is 24.1. The topological polar surface area (TPSA) is 135 Å². The highest BCUT2D eigenvalue weighted by molar-refractivity contribution is 7.92. The van der Waals surface area contributed by atoms with Crippen molar-refractivity contribution in [2.24, 2.45) is 5.92 Å². The number of halogens is 1. The fourth-order valence-electron chi connectivity index (χ4n) is 4.07. The Morgan fingerprint density at radius 1 is 1.24 bits per heavy atom. The molecule has 0 aliphatic heterocycles. The number of hydrogen-bond donors (Lipinski definition) is 3. The summed E-state index contributed by atoms with van der Waals surface area (Å²) in [6.45, 7) is 0.311. The van der Waals surface area contributed by atoms with Crippen LogP contribution in [-0.2, 0) is 21.2 Å². The van der Waals surface area contributed by atoms with Crippen molar-refractivity contribution in [2.75, 3.05) is 12.9 Å². The van der Waals surface area contributed by atoms with E-state index in [0.29, 0.717) is 23.8 Å². The average Bonchev–Trinajstić information content (AvgIpc) is 2.80. The number of hydrogen-bond acceptors (Lipinski definition) is 7. The van der Waals surface area contributed by atoms with Crippen LogP contribution in [0.3, 0.4) is 0 Å². The second-order valence-electron chi connectivity index (χ2n) is 8.66. The molecule has 3 rings (SSSR count). The minimum Gasteiger partial charge on any atom is -0.493 e. The molecule has 9 nitrogen and oxygen atoms in total. The van der Waals surface area contributed by atoms with E-state index in [0.717, 1.165) is 48.8 Å². The van der Waals surface area contributed by atoms with Gasteiger partial charge in [0.25, 0.3) is 11.5 Å². The second kappa shape index (κ2) is 11.1. The number of aromatic nitrogens is 1. The summed E-state index contributed by atoms with van der Waals surface area (Å²) in [5, 5.41) is 16.8. The summed E-state index contributed by atoms with van der Waals surface area (Å²) in [6, 6.07) is 7.80. The van der Waals surface area contributed by atoms with Crippen LogP contribution in [0, 0.1) is 11.7 Å². The fraction of sp³-hybridized carbons (Fsp3) is 0.478. The molecule has 1 saturated carbocycles. The van der Waals surface area contributed by atoms with Crippen molar-refractivity contribution >= 4 is 15.7 Å². The summed E-state index contributed by atoms with van der Waals surface area (Å²) < 4.78 is 45.1. The molecule has 1 heterocycles. The number of amides is 1. The number of rotatable bonds is 9. The Hall–Kier alpha value is -2.76. The highest BCUT2D eigenvalue weighted by Crippen LogP contribution is 2.27. The standard InChI is InChI=1S/C23H29FN2O7S/c1-34(31,32)21(23(29)25-30)10-11-26-13-20(24)19(12-22(26)28)16-4-8-18(9-5-16)33-14-15-2-6-17(27)7-3-15/h4-5,8-9,12-13,15,17,21,27,30H,2-3,6-7,10-11,14H2,1H3,(H,25,29)/t15?,17?,21-/m1/s1. The number of aryl methyl sites for hydroxylation is 1. The van der Waals surface area contributed by atoms with Crippen molar-refractivity contribution in [2.45, 2.75) is 50.0 Å². The van der Waals surface area contributed by atoms with Crippen LogP contribution >= 0.6 is 0 Å². The zero-order valence-corrected chi connectivity index (χ0v) is 19.6. The van der Waals surface area contributed by atoms with Crippen LogP contribution < -0.4 is 15.8 Å². The van der Waals surface area contributed by atoms with E-state index in [-0.39, 0.29) is 24.6 Å².